The number of nitrogens with one attached hydrogen (secondary N) is 2. The highest BCUT2D eigenvalue weighted by Gasteiger charge is 2.24. The molecule has 1 aliphatic rings. The zero-order valence-electron chi connectivity index (χ0n) is 16.1. The van der Waals surface area contributed by atoms with E-state index in [4.69, 9.17) is 16.0 Å². The maximum Gasteiger partial charge on any atom is 0.252 e. The predicted octanol–water partition coefficient (Wildman–Crippen LogP) is 2.80. The molecule has 0 aliphatic heterocycles. The first kappa shape index (κ1) is 19.8. The summed E-state index contributed by atoms with van der Waals surface area (Å²) >= 11 is 0. The van der Waals surface area contributed by atoms with Gasteiger partial charge in [-0.2, -0.15) is 0 Å². The number of anilines is 3. The molecule has 1 amide bonds. The van der Waals surface area contributed by atoms with Gasteiger partial charge >= 0.3 is 0 Å². The number of rotatable bonds is 6. The number of carbonyl (C=O) groups is 1. The zero-order valence-corrected chi connectivity index (χ0v) is 16.1. The topological polar surface area (TPSA) is 145 Å². The minimum Gasteiger partial charge on any atom is -0.365 e. The molecule has 2 atom stereocenters. The van der Waals surface area contributed by atoms with Crippen molar-refractivity contribution < 1.29 is 13.7 Å². The Balaban J connectivity index is 1.64. The monoisotopic (exact) mass is 411 g/mol. The van der Waals surface area contributed by atoms with Gasteiger partial charge in [0.1, 0.15) is 5.82 Å². The van der Waals surface area contributed by atoms with E-state index in [0.717, 1.165) is 31.7 Å². The molecule has 1 fully saturated rings. The number of nitrogens with zero attached hydrogens (tertiary/aromatic N) is 3. The molecular weight excluding hydrogens is 389 g/mol. The van der Waals surface area contributed by atoms with Crippen LogP contribution < -0.4 is 22.1 Å². The Morgan fingerprint density at radius 3 is 2.77 bits per heavy atom. The van der Waals surface area contributed by atoms with Crippen LogP contribution in [-0.2, 0) is 0 Å². The molecule has 156 valence electrons. The minimum atomic E-state index is -0.802. The number of carbonyl (C=O) groups excluding carboxylic acids is 1. The van der Waals surface area contributed by atoms with Crippen molar-refractivity contribution in [1.29, 1.82) is 0 Å². The Kier molecular flexibility index (Phi) is 5.57. The number of halogens is 1. The summed E-state index contributed by atoms with van der Waals surface area (Å²) in [5.74, 6) is -0.802. The van der Waals surface area contributed by atoms with E-state index >= 15 is 0 Å². The minimum absolute atomic E-state index is 0.0178. The van der Waals surface area contributed by atoms with Gasteiger partial charge in [-0.1, -0.05) is 18.0 Å². The molecule has 0 aromatic carbocycles. The second-order valence-electron chi connectivity index (χ2n) is 7.24. The van der Waals surface area contributed by atoms with Crippen LogP contribution in [0.25, 0.3) is 11.3 Å². The molecule has 9 nitrogen and oxygen atoms in total. The lowest BCUT2D eigenvalue weighted by molar-refractivity contribution is 0.100. The van der Waals surface area contributed by atoms with E-state index in [0.29, 0.717) is 17.0 Å². The summed E-state index contributed by atoms with van der Waals surface area (Å²) in [5.41, 5.74) is 12.7. The summed E-state index contributed by atoms with van der Waals surface area (Å²) in [6.07, 6.45) is 8.43. The van der Waals surface area contributed by atoms with Gasteiger partial charge in [0.05, 0.1) is 23.6 Å². The number of aromatic nitrogens is 3. The van der Waals surface area contributed by atoms with Gasteiger partial charge in [-0.05, 0) is 25.0 Å². The smallest absolute Gasteiger partial charge is 0.252 e. The molecule has 1 saturated carbocycles. The molecule has 0 radical (unpaired) electrons. The van der Waals surface area contributed by atoms with Crippen molar-refractivity contribution in [2.45, 2.75) is 37.8 Å². The lowest BCUT2D eigenvalue weighted by atomic mass is 9.91. The first-order valence-corrected chi connectivity index (χ1v) is 9.67. The van der Waals surface area contributed by atoms with E-state index in [1.54, 1.807) is 24.5 Å². The summed E-state index contributed by atoms with van der Waals surface area (Å²) < 4.78 is 19.8. The zero-order chi connectivity index (χ0) is 21.1. The highest BCUT2D eigenvalue weighted by molar-refractivity contribution is 5.98. The maximum atomic E-state index is 14.6. The Bertz CT molecular complexity index is 1040. The fraction of sp³-hybridized carbons (Fsp3) is 0.300. The third-order valence-corrected chi connectivity index (χ3v) is 5.11. The van der Waals surface area contributed by atoms with E-state index < -0.39 is 11.7 Å². The third kappa shape index (κ3) is 4.23. The molecule has 2 unspecified atom stereocenters. The van der Waals surface area contributed by atoms with Crippen LogP contribution >= 0.6 is 0 Å². The molecule has 10 heteroatoms. The molecule has 6 N–H and O–H groups in total. The Hall–Kier alpha value is -3.53. The van der Waals surface area contributed by atoms with E-state index in [1.165, 1.54) is 6.20 Å². The van der Waals surface area contributed by atoms with Crippen molar-refractivity contribution in [2.75, 3.05) is 10.6 Å². The number of primary amides is 1. The van der Waals surface area contributed by atoms with E-state index in [1.807, 2.05) is 0 Å². The van der Waals surface area contributed by atoms with Gasteiger partial charge in [0.2, 0.25) is 0 Å². The second kappa shape index (κ2) is 8.46. The van der Waals surface area contributed by atoms with Gasteiger partial charge in [-0.15, -0.1) is 0 Å². The van der Waals surface area contributed by atoms with Gasteiger partial charge in [-0.3, -0.25) is 9.78 Å². The Morgan fingerprint density at radius 1 is 1.20 bits per heavy atom. The maximum absolute atomic E-state index is 14.6. The van der Waals surface area contributed by atoms with Gasteiger partial charge in [0.25, 0.3) is 5.91 Å². The lowest BCUT2D eigenvalue weighted by Gasteiger charge is -2.30. The molecular formula is C20H22FN7O2. The third-order valence-electron chi connectivity index (χ3n) is 5.11. The highest BCUT2D eigenvalue weighted by atomic mass is 19.1. The van der Waals surface area contributed by atoms with Crippen molar-refractivity contribution in [1.82, 2.24) is 15.1 Å². The summed E-state index contributed by atoms with van der Waals surface area (Å²) in [5, 5.41) is 9.76. The van der Waals surface area contributed by atoms with E-state index in [-0.39, 0.29) is 29.3 Å². The molecule has 0 spiro atoms. The first-order chi connectivity index (χ1) is 14.5. The van der Waals surface area contributed by atoms with Crippen LogP contribution in [-0.4, -0.2) is 33.1 Å². The summed E-state index contributed by atoms with van der Waals surface area (Å²) in [7, 11) is 0. The van der Waals surface area contributed by atoms with Crippen molar-refractivity contribution >= 4 is 23.2 Å². The molecule has 0 bridgehead atoms. The van der Waals surface area contributed by atoms with Crippen LogP contribution in [0.4, 0.5) is 21.7 Å². The second-order valence-corrected chi connectivity index (χ2v) is 7.24. The lowest BCUT2D eigenvalue weighted by Crippen LogP contribution is -2.43. The molecule has 3 aromatic rings. The molecule has 0 saturated heterocycles. The largest absolute Gasteiger partial charge is 0.365 e. The van der Waals surface area contributed by atoms with Crippen molar-refractivity contribution in [3.05, 3.63) is 48.2 Å². The number of amides is 1. The highest BCUT2D eigenvalue weighted by Crippen LogP contribution is 2.28. The number of pyridine rings is 2. The fourth-order valence-corrected chi connectivity index (χ4v) is 3.53. The number of hydrogen-bond donors (Lipinski definition) is 4. The van der Waals surface area contributed by atoms with E-state index in [2.05, 4.69) is 25.8 Å². The van der Waals surface area contributed by atoms with Gasteiger partial charge in [-0.25, -0.2) is 9.37 Å². The van der Waals surface area contributed by atoms with Gasteiger partial charge in [0, 0.05) is 29.9 Å². The van der Waals surface area contributed by atoms with Crippen LogP contribution in [0, 0.1) is 5.82 Å². The van der Waals surface area contributed by atoms with Crippen molar-refractivity contribution in [3.8, 4) is 11.3 Å². The van der Waals surface area contributed by atoms with Crippen LogP contribution in [0.5, 0.6) is 0 Å². The Labute approximate surface area is 172 Å². The number of hydrogen-bond acceptors (Lipinski definition) is 8. The van der Waals surface area contributed by atoms with Crippen molar-refractivity contribution in [3.63, 3.8) is 0 Å². The van der Waals surface area contributed by atoms with Crippen LogP contribution in [0.15, 0.2) is 41.3 Å². The van der Waals surface area contributed by atoms with Gasteiger partial charge < -0.3 is 26.6 Å². The SMILES string of the molecule is NC(=O)c1cc(F)c(NC2CCCCC2N)nc1Nc1cncc(-c2ccno2)c1. The summed E-state index contributed by atoms with van der Waals surface area (Å²) in [6, 6.07) is 4.33. The average molecular weight is 411 g/mol. The normalized spacial score (nSPS) is 18.7. The van der Waals surface area contributed by atoms with Crippen LogP contribution in [0.2, 0.25) is 0 Å². The molecule has 3 heterocycles. The molecule has 30 heavy (non-hydrogen) atoms. The fourth-order valence-electron chi connectivity index (χ4n) is 3.53. The molecule has 4 rings (SSSR count). The van der Waals surface area contributed by atoms with Crippen LogP contribution in [0.1, 0.15) is 36.0 Å². The Morgan fingerprint density at radius 2 is 2.03 bits per heavy atom. The first-order valence-electron chi connectivity index (χ1n) is 9.67. The number of nitrogens with two attached hydrogens (primary N) is 2. The van der Waals surface area contributed by atoms with Crippen LogP contribution in [0.3, 0.4) is 0 Å². The standard InChI is InChI=1S/C20H22FN7O2/c21-14-8-13(18(23)29)19(28-20(14)27-16-4-2-1-3-15(16)22)26-12-7-11(9-24-10-12)17-5-6-25-30-17/h5-10,15-16H,1-4,22H2,(H2,23,29)(H2,26,27,28). The molecule has 1 aliphatic carbocycles. The molecule has 3 aromatic heterocycles. The van der Waals surface area contributed by atoms with E-state index in [9.17, 15) is 9.18 Å². The van der Waals surface area contributed by atoms with Gasteiger partial charge in [0.15, 0.2) is 17.4 Å². The summed E-state index contributed by atoms with van der Waals surface area (Å²) in [4.78, 5) is 20.3. The van der Waals surface area contributed by atoms with Crippen molar-refractivity contribution in [2.24, 2.45) is 11.5 Å². The quantitative estimate of drug-likeness (QED) is 0.484. The summed E-state index contributed by atoms with van der Waals surface area (Å²) in [6.45, 7) is 0. The average Bonchev–Trinajstić information content (AvgIpc) is 3.27. The predicted molar refractivity (Wildman–Crippen MR) is 110 cm³/mol.